The SMILES string of the molecule is CCCO[C@@H]1CC[C@H](c2nc(C)nn2-c2cc(C)cc(C)c2)C[C@H]1N.Cl. The second-order valence-electron chi connectivity index (χ2n) is 7.36. The molecule has 1 heterocycles. The first kappa shape index (κ1) is 20.9. The minimum absolute atomic E-state index is 0. The van der Waals surface area contributed by atoms with Crippen molar-refractivity contribution in [1.82, 2.24) is 14.8 Å². The highest BCUT2D eigenvalue weighted by molar-refractivity contribution is 5.85. The van der Waals surface area contributed by atoms with E-state index in [1.54, 1.807) is 0 Å². The van der Waals surface area contributed by atoms with Crippen molar-refractivity contribution < 1.29 is 4.74 Å². The lowest BCUT2D eigenvalue weighted by Crippen LogP contribution is -2.42. The molecule has 5 nitrogen and oxygen atoms in total. The predicted molar refractivity (Wildman–Crippen MR) is 107 cm³/mol. The third-order valence-electron chi connectivity index (χ3n) is 4.92. The average molecular weight is 379 g/mol. The fourth-order valence-corrected chi connectivity index (χ4v) is 3.85. The van der Waals surface area contributed by atoms with Crippen LogP contribution in [0.5, 0.6) is 0 Å². The molecule has 2 aromatic rings. The molecule has 0 aliphatic heterocycles. The summed E-state index contributed by atoms with van der Waals surface area (Å²) >= 11 is 0. The average Bonchev–Trinajstić information content (AvgIpc) is 2.95. The zero-order valence-corrected chi connectivity index (χ0v) is 17.1. The zero-order valence-electron chi connectivity index (χ0n) is 16.2. The van der Waals surface area contributed by atoms with Crippen molar-refractivity contribution in [3.05, 3.63) is 41.0 Å². The van der Waals surface area contributed by atoms with Crippen molar-refractivity contribution >= 4 is 12.4 Å². The summed E-state index contributed by atoms with van der Waals surface area (Å²) in [6.07, 6.45) is 4.15. The summed E-state index contributed by atoms with van der Waals surface area (Å²) in [5.41, 5.74) is 9.97. The minimum atomic E-state index is 0. The van der Waals surface area contributed by atoms with Crippen molar-refractivity contribution in [3.63, 3.8) is 0 Å². The van der Waals surface area contributed by atoms with Gasteiger partial charge >= 0.3 is 0 Å². The molecular formula is C20H31ClN4O. The Morgan fingerprint density at radius 2 is 1.85 bits per heavy atom. The maximum atomic E-state index is 6.41. The number of rotatable bonds is 5. The first-order valence-corrected chi connectivity index (χ1v) is 9.37. The molecule has 0 unspecified atom stereocenters. The number of aromatic nitrogens is 3. The lowest BCUT2D eigenvalue weighted by atomic mass is 9.83. The number of ether oxygens (including phenoxy) is 1. The standard InChI is InChI=1S/C20H30N4O.ClH/c1-5-8-25-19-7-6-16(12-18(19)21)20-22-15(4)23-24(20)17-10-13(2)9-14(3)11-17;/h9-11,16,18-19H,5-8,12,21H2,1-4H3;1H/t16-,18+,19+;/m0./s1. The summed E-state index contributed by atoms with van der Waals surface area (Å²) in [4.78, 5) is 4.75. The number of aryl methyl sites for hydroxylation is 3. The predicted octanol–water partition coefficient (Wildman–Crippen LogP) is 4.00. The molecule has 1 saturated carbocycles. The van der Waals surface area contributed by atoms with Gasteiger partial charge in [-0.2, -0.15) is 5.10 Å². The molecule has 3 rings (SSSR count). The Morgan fingerprint density at radius 3 is 2.46 bits per heavy atom. The van der Waals surface area contributed by atoms with Gasteiger partial charge in [-0.15, -0.1) is 12.4 Å². The lowest BCUT2D eigenvalue weighted by Gasteiger charge is -2.33. The first-order chi connectivity index (χ1) is 12.0. The van der Waals surface area contributed by atoms with Gasteiger partial charge in [-0.05, 0) is 69.7 Å². The van der Waals surface area contributed by atoms with Crippen LogP contribution >= 0.6 is 12.4 Å². The molecule has 0 spiro atoms. The number of nitrogens with two attached hydrogens (primary N) is 1. The van der Waals surface area contributed by atoms with E-state index in [0.717, 1.165) is 49.6 Å². The quantitative estimate of drug-likeness (QED) is 0.853. The molecule has 1 fully saturated rings. The van der Waals surface area contributed by atoms with Gasteiger partial charge in [-0.25, -0.2) is 9.67 Å². The summed E-state index contributed by atoms with van der Waals surface area (Å²) in [6, 6.07) is 6.58. The van der Waals surface area contributed by atoms with Gasteiger partial charge < -0.3 is 10.5 Å². The topological polar surface area (TPSA) is 66.0 Å². The third-order valence-corrected chi connectivity index (χ3v) is 4.92. The minimum Gasteiger partial charge on any atom is -0.377 e. The number of nitrogens with zero attached hydrogens (tertiary/aromatic N) is 3. The van der Waals surface area contributed by atoms with Crippen LogP contribution in [0.1, 0.15) is 61.3 Å². The summed E-state index contributed by atoms with van der Waals surface area (Å²) in [7, 11) is 0. The monoisotopic (exact) mass is 378 g/mol. The first-order valence-electron chi connectivity index (χ1n) is 9.37. The second kappa shape index (κ2) is 8.98. The Kier molecular flexibility index (Phi) is 7.21. The van der Waals surface area contributed by atoms with Gasteiger partial charge in [0.25, 0.3) is 0 Å². The van der Waals surface area contributed by atoms with E-state index in [4.69, 9.17) is 15.5 Å². The fraction of sp³-hybridized carbons (Fsp3) is 0.600. The molecule has 1 aliphatic rings. The highest BCUT2D eigenvalue weighted by atomic mass is 35.5. The van der Waals surface area contributed by atoms with Crippen LogP contribution in [-0.2, 0) is 4.74 Å². The molecule has 1 aliphatic carbocycles. The molecule has 0 radical (unpaired) electrons. The van der Waals surface area contributed by atoms with Crippen LogP contribution in [0, 0.1) is 20.8 Å². The summed E-state index contributed by atoms with van der Waals surface area (Å²) in [6.45, 7) is 9.12. The molecule has 0 saturated heterocycles. The van der Waals surface area contributed by atoms with Gasteiger partial charge in [0.15, 0.2) is 0 Å². The van der Waals surface area contributed by atoms with Crippen molar-refractivity contribution in [2.24, 2.45) is 5.73 Å². The van der Waals surface area contributed by atoms with Crippen molar-refractivity contribution in [2.75, 3.05) is 6.61 Å². The summed E-state index contributed by atoms with van der Waals surface area (Å²) < 4.78 is 7.93. The Balaban J connectivity index is 0.00000243. The van der Waals surface area contributed by atoms with Gasteiger partial charge in [0.2, 0.25) is 0 Å². The molecule has 3 atom stereocenters. The Morgan fingerprint density at radius 1 is 1.15 bits per heavy atom. The van der Waals surface area contributed by atoms with Crippen LogP contribution in [0.4, 0.5) is 0 Å². The Hall–Kier alpha value is -1.43. The zero-order chi connectivity index (χ0) is 18.0. The lowest BCUT2D eigenvalue weighted by molar-refractivity contribution is 0.0108. The van der Waals surface area contributed by atoms with Crippen molar-refractivity contribution in [3.8, 4) is 5.69 Å². The summed E-state index contributed by atoms with van der Waals surface area (Å²) in [5, 5.41) is 4.67. The normalized spacial score (nSPS) is 22.9. The maximum absolute atomic E-state index is 6.41. The largest absolute Gasteiger partial charge is 0.377 e. The van der Waals surface area contributed by atoms with E-state index >= 15 is 0 Å². The maximum Gasteiger partial charge on any atom is 0.148 e. The molecule has 26 heavy (non-hydrogen) atoms. The van der Waals surface area contributed by atoms with E-state index in [2.05, 4.69) is 44.1 Å². The van der Waals surface area contributed by atoms with Crippen LogP contribution in [0.15, 0.2) is 18.2 Å². The van der Waals surface area contributed by atoms with Crippen molar-refractivity contribution in [1.29, 1.82) is 0 Å². The highest BCUT2D eigenvalue weighted by Crippen LogP contribution is 2.34. The number of hydrogen-bond acceptors (Lipinski definition) is 4. The van der Waals surface area contributed by atoms with Crippen LogP contribution in [0.25, 0.3) is 5.69 Å². The van der Waals surface area contributed by atoms with Gasteiger partial charge in [0.05, 0.1) is 11.8 Å². The molecule has 0 amide bonds. The molecular weight excluding hydrogens is 348 g/mol. The number of halogens is 1. The van der Waals surface area contributed by atoms with E-state index < -0.39 is 0 Å². The van der Waals surface area contributed by atoms with E-state index in [1.807, 2.05) is 11.6 Å². The van der Waals surface area contributed by atoms with Gasteiger partial charge in [-0.3, -0.25) is 0 Å². The highest BCUT2D eigenvalue weighted by Gasteiger charge is 2.32. The van der Waals surface area contributed by atoms with Crippen molar-refractivity contribution in [2.45, 2.75) is 71.4 Å². The van der Waals surface area contributed by atoms with E-state index in [9.17, 15) is 0 Å². The van der Waals surface area contributed by atoms with Crippen LogP contribution < -0.4 is 5.73 Å². The molecule has 1 aromatic carbocycles. The van der Waals surface area contributed by atoms with E-state index in [1.165, 1.54) is 11.1 Å². The smallest absolute Gasteiger partial charge is 0.148 e. The Bertz CT molecular complexity index is 710. The van der Waals surface area contributed by atoms with Gasteiger partial charge in [0, 0.05) is 18.6 Å². The summed E-state index contributed by atoms with van der Waals surface area (Å²) in [5.74, 6) is 2.18. The molecule has 0 bridgehead atoms. The van der Waals surface area contributed by atoms with Crippen LogP contribution in [-0.4, -0.2) is 33.5 Å². The number of benzene rings is 1. The molecule has 2 N–H and O–H groups in total. The third kappa shape index (κ3) is 4.64. The van der Waals surface area contributed by atoms with Crippen LogP contribution in [0.3, 0.4) is 0 Å². The van der Waals surface area contributed by atoms with Crippen LogP contribution in [0.2, 0.25) is 0 Å². The fourth-order valence-electron chi connectivity index (χ4n) is 3.85. The second-order valence-corrected chi connectivity index (χ2v) is 7.36. The number of hydrogen-bond donors (Lipinski definition) is 1. The Labute approximate surface area is 162 Å². The van der Waals surface area contributed by atoms with E-state index in [-0.39, 0.29) is 24.6 Å². The van der Waals surface area contributed by atoms with E-state index in [0.29, 0.717) is 5.92 Å². The van der Waals surface area contributed by atoms with Gasteiger partial charge in [-0.1, -0.05) is 13.0 Å². The molecule has 1 aromatic heterocycles. The molecule has 6 heteroatoms. The van der Waals surface area contributed by atoms with Gasteiger partial charge in [0.1, 0.15) is 11.6 Å². The molecule has 144 valence electrons.